The van der Waals surface area contributed by atoms with Crippen molar-refractivity contribution in [2.45, 2.75) is 12.5 Å². The summed E-state index contributed by atoms with van der Waals surface area (Å²) in [4.78, 5) is 29.5. The van der Waals surface area contributed by atoms with Crippen LogP contribution in [0.4, 0.5) is 0 Å². The Morgan fingerprint density at radius 3 is 2.25 bits per heavy atom. The number of aromatic nitrogens is 1. The summed E-state index contributed by atoms with van der Waals surface area (Å²) in [5, 5.41) is 10.9. The number of imide groups is 1. The Hall–Kier alpha value is -2.92. The minimum Gasteiger partial charge on any atom is -0.394 e. The molecule has 2 amide bonds. The normalized spacial score (nSPS) is 15.1. The summed E-state index contributed by atoms with van der Waals surface area (Å²) in [5.41, 5.74) is 2.77. The summed E-state index contributed by atoms with van der Waals surface area (Å²) in [6, 6.07) is 14.0. The van der Waals surface area contributed by atoms with Gasteiger partial charge in [-0.2, -0.15) is 0 Å². The second-order valence-corrected chi connectivity index (χ2v) is 5.93. The number of hydrogen-bond donors (Lipinski definition) is 2. The van der Waals surface area contributed by atoms with Crippen LogP contribution in [0.2, 0.25) is 0 Å². The molecule has 0 aliphatic carbocycles. The maximum Gasteiger partial charge on any atom is 0.261 e. The fraction of sp³-hybridized carbons (Fsp3) is 0.158. The number of H-pyrrole nitrogens is 1. The number of aliphatic hydroxyl groups excluding tert-OH is 1. The van der Waals surface area contributed by atoms with Crippen molar-refractivity contribution in [3.8, 4) is 0 Å². The molecule has 0 saturated carbocycles. The second kappa shape index (κ2) is 5.62. The van der Waals surface area contributed by atoms with E-state index in [2.05, 4.69) is 4.98 Å². The van der Waals surface area contributed by atoms with Crippen molar-refractivity contribution in [1.82, 2.24) is 9.88 Å². The van der Waals surface area contributed by atoms with Crippen molar-refractivity contribution in [3.63, 3.8) is 0 Å². The van der Waals surface area contributed by atoms with Crippen molar-refractivity contribution >= 4 is 22.7 Å². The molecule has 24 heavy (non-hydrogen) atoms. The molecule has 2 N–H and O–H groups in total. The molecule has 3 aromatic rings. The van der Waals surface area contributed by atoms with Crippen LogP contribution in [0.15, 0.2) is 54.7 Å². The predicted molar refractivity (Wildman–Crippen MR) is 89.8 cm³/mol. The lowest BCUT2D eigenvalue weighted by atomic mass is 10.0. The summed E-state index contributed by atoms with van der Waals surface area (Å²) < 4.78 is 0. The number of carbonyl (C=O) groups excluding carboxylic acids is 2. The lowest BCUT2D eigenvalue weighted by Gasteiger charge is -2.24. The van der Waals surface area contributed by atoms with Crippen LogP contribution in [0.25, 0.3) is 10.9 Å². The van der Waals surface area contributed by atoms with Gasteiger partial charge in [0, 0.05) is 17.1 Å². The summed E-state index contributed by atoms with van der Waals surface area (Å²) in [6.45, 7) is -0.273. The van der Waals surface area contributed by atoms with E-state index in [0.717, 1.165) is 16.5 Å². The van der Waals surface area contributed by atoms with E-state index in [1.807, 2.05) is 30.5 Å². The maximum absolute atomic E-state index is 12.6. The number of benzene rings is 2. The van der Waals surface area contributed by atoms with Gasteiger partial charge in [0.05, 0.1) is 23.8 Å². The topological polar surface area (TPSA) is 73.4 Å². The van der Waals surface area contributed by atoms with E-state index in [-0.39, 0.29) is 18.4 Å². The third-order valence-corrected chi connectivity index (χ3v) is 4.53. The molecule has 1 atom stereocenters. The summed E-state index contributed by atoms with van der Waals surface area (Å²) in [5.74, 6) is -0.677. The summed E-state index contributed by atoms with van der Waals surface area (Å²) in [7, 11) is 0. The molecule has 120 valence electrons. The molecule has 1 aliphatic heterocycles. The average molecular weight is 320 g/mol. The SMILES string of the molecule is O=C1c2ccccc2C(=O)N1C(CO)Cc1c[nH]c2ccccc12. The third kappa shape index (κ3) is 2.13. The van der Waals surface area contributed by atoms with Gasteiger partial charge in [-0.05, 0) is 30.2 Å². The zero-order valence-electron chi connectivity index (χ0n) is 12.9. The summed E-state index contributed by atoms with van der Waals surface area (Å²) in [6.07, 6.45) is 2.28. The van der Waals surface area contributed by atoms with Crippen LogP contribution in [-0.2, 0) is 6.42 Å². The number of aliphatic hydroxyl groups is 1. The number of hydrogen-bond acceptors (Lipinski definition) is 3. The lowest BCUT2D eigenvalue weighted by Crippen LogP contribution is -2.43. The Morgan fingerprint density at radius 2 is 1.58 bits per heavy atom. The number of nitrogens with zero attached hydrogens (tertiary/aromatic N) is 1. The van der Waals surface area contributed by atoms with Gasteiger partial charge in [0.25, 0.3) is 11.8 Å². The van der Waals surface area contributed by atoms with Crippen molar-refractivity contribution in [2.75, 3.05) is 6.61 Å². The third-order valence-electron chi connectivity index (χ3n) is 4.53. The smallest absolute Gasteiger partial charge is 0.261 e. The number of fused-ring (bicyclic) bond motifs is 2. The molecular weight excluding hydrogens is 304 g/mol. The molecule has 0 radical (unpaired) electrons. The number of para-hydroxylation sites is 1. The molecule has 5 nitrogen and oxygen atoms in total. The minimum atomic E-state index is -0.586. The molecule has 1 aromatic heterocycles. The van der Waals surface area contributed by atoms with Gasteiger partial charge in [-0.25, -0.2) is 0 Å². The quantitative estimate of drug-likeness (QED) is 0.725. The first-order valence-corrected chi connectivity index (χ1v) is 7.83. The van der Waals surface area contributed by atoms with Gasteiger partial charge in [-0.1, -0.05) is 30.3 Å². The van der Waals surface area contributed by atoms with Crippen LogP contribution in [0, 0.1) is 0 Å². The van der Waals surface area contributed by atoms with Crippen LogP contribution in [0.3, 0.4) is 0 Å². The zero-order chi connectivity index (χ0) is 16.7. The number of carbonyl (C=O) groups is 2. The standard InChI is InChI=1S/C19H16N2O3/c22-11-13(9-12-10-20-17-8-4-3-5-14(12)17)21-18(23)15-6-1-2-7-16(15)19(21)24/h1-8,10,13,20,22H,9,11H2. The van der Waals surface area contributed by atoms with E-state index in [9.17, 15) is 14.7 Å². The first-order chi connectivity index (χ1) is 11.7. The van der Waals surface area contributed by atoms with Gasteiger partial charge in [-0.3, -0.25) is 14.5 Å². The molecule has 1 unspecified atom stereocenters. The molecule has 0 fully saturated rings. The Bertz CT molecular complexity index is 909. The van der Waals surface area contributed by atoms with Gasteiger partial charge in [0.2, 0.25) is 0 Å². The molecule has 5 heteroatoms. The van der Waals surface area contributed by atoms with Crippen LogP contribution in [0.1, 0.15) is 26.3 Å². The first kappa shape index (κ1) is 14.7. The molecule has 0 bridgehead atoms. The van der Waals surface area contributed by atoms with Gasteiger partial charge in [0.1, 0.15) is 0 Å². The van der Waals surface area contributed by atoms with Crippen LogP contribution in [-0.4, -0.2) is 39.5 Å². The minimum absolute atomic E-state index is 0.273. The molecule has 1 aliphatic rings. The highest BCUT2D eigenvalue weighted by molar-refractivity contribution is 6.21. The molecule has 4 rings (SSSR count). The highest BCUT2D eigenvalue weighted by Crippen LogP contribution is 2.27. The fourth-order valence-electron chi connectivity index (χ4n) is 3.33. The Kier molecular flexibility index (Phi) is 3.43. The second-order valence-electron chi connectivity index (χ2n) is 5.93. The predicted octanol–water partition coefficient (Wildman–Crippen LogP) is 2.37. The lowest BCUT2D eigenvalue weighted by molar-refractivity contribution is 0.0517. The van der Waals surface area contributed by atoms with E-state index in [1.54, 1.807) is 24.3 Å². The van der Waals surface area contributed by atoms with Crippen LogP contribution in [0.5, 0.6) is 0 Å². The maximum atomic E-state index is 12.6. The van der Waals surface area contributed by atoms with E-state index in [0.29, 0.717) is 17.5 Å². The van der Waals surface area contributed by atoms with Crippen molar-refractivity contribution in [2.24, 2.45) is 0 Å². The van der Waals surface area contributed by atoms with Crippen molar-refractivity contribution in [1.29, 1.82) is 0 Å². The first-order valence-electron chi connectivity index (χ1n) is 7.83. The van der Waals surface area contributed by atoms with Crippen molar-refractivity contribution < 1.29 is 14.7 Å². The van der Waals surface area contributed by atoms with Gasteiger partial charge in [-0.15, -0.1) is 0 Å². The van der Waals surface area contributed by atoms with E-state index in [4.69, 9.17) is 0 Å². The Labute approximate surface area is 138 Å². The average Bonchev–Trinajstić information content (AvgIpc) is 3.14. The number of rotatable bonds is 4. The van der Waals surface area contributed by atoms with Gasteiger partial charge >= 0.3 is 0 Å². The van der Waals surface area contributed by atoms with E-state index in [1.165, 1.54) is 4.90 Å². The Balaban J connectivity index is 1.68. The molecule has 0 spiro atoms. The monoisotopic (exact) mass is 320 g/mol. The van der Waals surface area contributed by atoms with E-state index >= 15 is 0 Å². The van der Waals surface area contributed by atoms with Crippen LogP contribution >= 0.6 is 0 Å². The summed E-state index contributed by atoms with van der Waals surface area (Å²) >= 11 is 0. The van der Waals surface area contributed by atoms with Crippen LogP contribution < -0.4 is 0 Å². The number of amides is 2. The van der Waals surface area contributed by atoms with E-state index < -0.39 is 6.04 Å². The largest absolute Gasteiger partial charge is 0.394 e. The fourth-order valence-corrected chi connectivity index (χ4v) is 3.33. The number of aromatic amines is 1. The highest BCUT2D eigenvalue weighted by Gasteiger charge is 2.39. The molecule has 0 saturated heterocycles. The molecule has 2 aromatic carbocycles. The van der Waals surface area contributed by atoms with Crippen molar-refractivity contribution in [3.05, 3.63) is 71.4 Å². The van der Waals surface area contributed by atoms with Gasteiger partial charge in [0.15, 0.2) is 0 Å². The Morgan fingerprint density at radius 1 is 0.958 bits per heavy atom. The molecular formula is C19H16N2O3. The highest BCUT2D eigenvalue weighted by atomic mass is 16.3. The zero-order valence-corrected chi connectivity index (χ0v) is 12.9. The molecule has 2 heterocycles. The number of nitrogens with one attached hydrogen (secondary N) is 1. The van der Waals surface area contributed by atoms with Gasteiger partial charge < -0.3 is 10.1 Å².